The Labute approximate surface area is 93.8 Å². The molecule has 0 fully saturated rings. The second-order valence-corrected chi connectivity index (χ2v) is 3.91. The summed E-state index contributed by atoms with van der Waals surface area (Å²) in [6, 6.07) is 0. The van der Waals surface area contributed by atoms with Crippen LogP contribution in [0.25, 0.3) is 0 Å². The highest BCUT2D eigenvalue weighted by Crippen LogP contribution is 2.48. The smallest absolute Gasteiger partial charge is 0.180 e. The van der Waals surface area contributed by atoms with Gasteiger partial charge in [-0.3, -0.25) is 4.79 Å². The Balaban J connectivity index is 2.28. The molecular weight excluding hydrogens is 207 g/mol. The van der Waals surface area contributed by atoms with Crippen molar-refractivity contribution in [3.05, 3.63) is 48.5 Å². The van der Waals surface area contributed by atoms with Gasteiger partial charge in [0.1, 0.15) is 18.2 Å². The van der Waals surface area contributed by atoms with Crippen LogP contribution in [-0.2, 0) is 9.53 Å². The number of carbonyl (C=O) groups is 1. The van der Waals surface area contributed by atoms with Crippen molar-refractivity contribution in [2.45, 2.75) is 12.8 Å². The highest BCUT2D eigenvalue weighted by Gasteiger charge is 2.42. The van der Waals surface area contributed by atoms with Crippen LogP contribution in [0.3, 0.4) is 0 Å². The Kier molecular flexibility index (Phi) is 2.77. The number of allylic oxidation sites excluding steroid dienone is 4. The van der Waals surface area contributed by atoms with Crippen LogP contribution in [-0.4, -0.2) is 12.4 Å². The normalized spacial score (nSPS) is 27.9. The molecule has 2 aliphatic rings. The monoisotopic (exact) mass is 220 g/mol. The van der Waals surface area contributed by atoms with Gasteiger partial charge in [0.25, 0.3) is 0 Å². The van der Waals surface area contributed by atoms with E-state index >= 15 is 0 Å². The van der Waals surface area contributed by atoms with Gasteiger partial charge in [0.15, 0.2) is 5.78 Å². The molecule has 0 saturated carbocycles. The first-order valence-corrected chi connectivity index (χ1v) is 5.24. The van der Waals surface area contributed by atoms with Crippen molar-refractivity contribution in [3.8, 4) is 0 Å². The topological polar surface area (TPSA) is 26.3 Å². The summed E-state index contributed by atoms with van der Waals surface area (Å²) in [6.45, 7) is 3.90. The van der Waals surface area contributed by atoms with Gasteiger partial charge in [-0.15, -0.1) is 0 Å². The summed E-state index contributed by atoms with van der Waals surface area (Å²) in [5, 5.41) is 0. The standard InChI is InChI=1S/C13H13FO2/c1-2-8-16-12-4-3-6-13(12)7-5-10(15)9-11(13)14/h2,4-5,7,9H,1,3,6,8H2. The predicted molar refractivity (Wildman–Crippen MR) is 59.2 cm³/mol. The van der Waals surface area contributed by atoms with Crippen molar-refractivity contribution >= 4 is 5.78 Å². The first-order chi connectivity index (χ1) is 7.69. The Hall–Kier alpha value is -1.64. The number of hydrogen-bond donors (Lipinski definition) is 0. The lowest BCUT2D eigenvalue weighted by molar-refractivity contribution is -0.110. The summed E-state index contributed by atoms with van der Waals surface area (Å²) in [6.07, 6.45) is 8.91. The van der Waals surface area contributed by atoms with Crippen LogP contribution in [0.4, 0.5) is 4.39 Å². The van der Waals surface area contributed by atoms with Crippen molar-refractivity contribution in [3.63, 3.8) is 0 Å². The molecule has 0 amide bonds. The van der Waals surface area contributed by atoms with E-state index < -0.39 is 11.2 Å². The zero-order chi connectivity index (χ0) is 11.6. The predicted octanol–water partition coefficient (Wildman–Crippen LogP) is 2.85. The van der Waals surface area contributed by atoms with E-state index in [0.29, 0.717) is 18.8 Å². The molecule has 0 bridgehead atoms. The number of rotatable bonds is 3. The van der Waals surface area contributed by atoms with Gasteiger partial charge in [-0.1, -0.05) is 18.7 Å². The molecular formula is C13H13FO2. The molecule has 1 spiro atoms. The Bertz CT molecular complexity index is 418. The highest BCUT2D eigenvalue weighted by atomic mass is 19.1. The van der Waals surface area contributed by atoms with E-state index in [0.717, 1.165) is 12.5 Å². The van der Waals surface area contributed by atoms with Gasteiger partial charge >= 0.3 is 0 Å². The largest absolute Gasteiger partial charge is 0.493 e. The molecule has 0 aromatic rings. The van der Waals surface area contributed by atoms with Crippen LogP contribution >= 0.6 is 0 Å². The van der Waals surface area contributed by atoms with E-state index in [-0.39, 0.29) is 5.78 Å². The molecule has 0 heterocycles. The molecule has 0 aromatic carbocycles. The fourth-order valence-electron chi connectivity index (χ4n) is 2.08. The highest BCUT2D eigenvalue weighted by molar-refractivity contribution is 6.01. The van der Waals surface area contributed by atoms with E-state index in [9.17, 15) is 9.18 Å². The Morgan fingerprint density at radius 2 is 2.44 bits per heavy atom. The minimum absolute atomic E-state index is 0.307. The summed E-state index contributed by atoms with van der Waals surface area (Å²) in [4.78, 5) is 11.1. The fourth-order valence-corrected chi connectivity index (χ4v) is 2.08. The fraction of sp³-hybridized carbons (Fsp3) is 0.308. The zero-order valence-electron chi connectivity index (χ0n) is 8.91. The van der Waals surface area contributed by atoms with Crippen LogP contribution in [0.2, 0.25) is 0 Å². The third-order valence-corrected chi connectivity index (χ3v) is 2.89. The maximum Gasteiger partial charge on any atom is 0.180 e. The number of hydrogen-bond acceptors (Lipinski definition) is 2. The minimum atomic E-state index is -0.836. The number of ether oxygens (including phenoxy) is 1. The van der Waals surface area contributed by atoms with E-state index in [2.05, 4.69) is 6.58 Å². The minimum Gasteiger partial charge on any atom is -0.493 e. The van der Waals surface area contributed by atoms with Crippen LogP contribution in [0.5, 0.6) is 0 Å². The molecule has 3 heteroatoms. The van der Waals surface area contributed by atoms with Gasteiger partial charge in [0.05, 0.1) is 5.41 Å². The number of carbonyl (C=O) groups excluding carboxylic acids is 1. The Morgan fingerprint density at radius 1 is 1.62 bits per heavy atom. The molecule has 84 valence electrons. The van der Waals surface area contributed by atoms with Gasteiger partial charge < -0.3 is 4.74 Å². The van der Waals surface area contributed by atoms with E-state index in [1.807, 2.05) is 6.08 Å². The van der Waals surface area contributed by atoms with Crippen molar-refractivity contribution in [1.29, 1.82) is 0 Å². The van der Waals surface area contributed by atoms with Crippen LogP contribution in [0.15, 0.2) is 48.5 Å². The van der Waals surface area contributed by atoms with E-state index in [1.54, 1.807) is 12.2 Å². The molecule has 0 N–H and O–H groups in total. The molecule has 1 atom stereocenters. The maximum absolute atomic E-state index is 13.9. The molecule has 2 nitrogen and oxygen atoms in total. The van der Waals surface area contributed by atoms with Gasteiger partial charge in [-0.2, -0.15) is 0 Å². The third kappa shape index (κ3) is 1.62. The summed E-state index contributed by atoms with van der Waals surface area (Å²) < 4.78 is 19.4. The molecule has 16 heavy (non-hydrogen) atoms. The van der Waals surface area contributed by atoms with Crippen LogP contribution < -0.4 is 0 Å². The van der Waals surface area contributed by atoms with Crippen molar-refractivity contribution in [2.75, 3.05) is 6.61 Å². The van der Waals surface area contributed by atoms with Crippen molar-refractivity contribution in [1.82, 2.24) is 0 Å². The molecule has 0 aliphatic heterocycles. The molecule has 2 aliphatic carbocycles. The summed E-state index contributed by atoms with van der Waals surface area (Å²) in [5.74, 6) is -0.143. The average molecular weight is 220 g/mol. The third-order valence-electron chi connectivity index (χ3n) is 2.89. The summed E-state index contributed by atoms with van der Waals surface area (Å²) >= 11 is 0. The van der Waals surface area contributed by atoms with Gasteiger partial charge in [0.2, 0.25) is 0 Å². The first kappa shape index (κ1) is 10.9. The number of ketones is 1. The quantitative estimate of drug-likeness (QED) is 0.683. The molecule has 2 rings (SSSR count). The first-order valence-electron chi connectivity index (χ1n) is 5.24. The van der Waals surface area contributed by atoms with Gasteiger partial charge in [0, 0.05) is 6.08 Å². The van der Waals surface area contributed by atoms with Crippen molar-refractivity contribution < 1.29 is 13.9 Å². The summed E-state index contributed by atoms with van der Waals surface area (Å²) in [5.41, 5.74) is -0.836. The van der Waals surface area contributed by atoms with Gasteiger partial charge in [-0.25, -0.2) is 4.39 Å². The van der Waals surface area contributed by atoms with Crippen LogP contribution in [0.1, 0.15) is 12.8 Å². The van der Waals surface area contributed by atoms with E-state index in [1.165, 1.54) is 6.08 Å². The maximum atomic E-state index is 13.9. The summed E-state index contributed by atoms with van der Waals surface area (Å²) in [7, 11) is 0. The second-order valence-electron chi connectivity index (χ2n) is 3.91. The molecule has 0 aromatic heterocycles. The lowest BCUT2D eigenvalue weighted by atomic mass is 9.81. The molecule has 1 unspecified atom stereocenters. The number of halogens is 1. The van der Waals surface area contributed by atoms with E-state index in [4.69, 9.17) is 4.74 Å². The zero-order valence-corrected chi connectivity index (χ0v) is 8.91. The second kappa shape index (κ2) is 4.08. The molecule has 0 radical (unpaired) electrons. The van der Waals surface area contributed by atoms with Crippen molar-refractivity contribution in [2.24, 2.45) is 5.41 Å². The Morgan fingerprint density at radius 3 is 3.12 bits per heavy atom. The van der Waals surface area contributed by atoms with Gasteiger partial charge in [-0.05, 0) is 25.0 Å². The van der Waals surface area contributed by atoms with Crippen LogP contribution in [0, 0.1) is 5.41 Å². The molecule has 0 saturated heterocycles. The lowest BCUT2D eigenvalue weighted by Crippen LogP contribution is -2.23. The SMILES string of the molecule is C=CCOC1=CCCC12C=CC(=O)C=C2F. The average Bonchev–Trinajstić information content (AvgIpc) is 2.66. The lowest BCUT2D eigenvalue weighted by Gasteiger charge is -2.28.